The zero-order valence-electron chi connectivity index (χ0n) is 17.4. The van der Waals surface area contributed by atoms with Crippen LogP contribution < -0.4 is 5.43 Å². The highest BCUT2D eigenvalue weighted by Crippen LogP contribution is 2.59. The van der Waals surface area contributed by atoms with Crippen molar-refractivity contribution in [3.8, 4) is 0 Å². The molecule has 0 saturated heterocycles. The molecule has 0 bridgehead atoms. The minimum Gasteiger partial charge on any atom is -0.273 e. The first-order valence-electron chi connectivity index (χ1n) is 10.1. The minimum absolute atomic E-state index is 0.0182. The second-order valence-electron chi connectivity index (χ2n) is 8.05. The molecule has 0 spiro atoms. The molecule has 1 aliphatic carbocycles. The van der Waals surface area contributed by atoms with E-state index in [0.717, 1.165) is 22.3 Å². The Kier molecular flexibility index (Phi) is 5.38. The van der Waals surface area contributed by atoms with E-state index >= 15 is 0 Å². The molecular formula is C25H23N3O3. The second kappa shape index (κ2) is 8.14. The Bertz CT molecular complexity index is 1140. The number of nitrogens with one attached hydrogen (secondary N) is 1. The lowest BCUT2D eigenvalue weighted by molar-refractivity contribution is -0.384. The van der Waals surface area contributed by atoms with Crippen molar-refractivity contribution in [1.82, 2.24) is 5.43 Å². The van der Waals surface area contributed by atoms with E-state index < -0.39 is 4.92 Å². The number of carbonyl (C=O) groups is 1. The van der Waals surface area contributed by atoms with Crippen LogP contribution in [0.25, 0.3) is 0 Å². The summed E-state index contributed by atoms with van der Waals surface area (Å²) in [5.41, 5.74) is 7.34. The summed E-state index contributed by atoms with van der Waals surface area (Å²) < 4.78 is 0. The van der Waals surface area contributed by atoms with Gasteiger partial charge in [0.15, 0.2) is 0 Å². The highest BCUT2D eigenvalue weighted by molar-refractivity contribution is 5.88. The van der Waals surface area contributed by atoms with Crippen LogP contribution in [0.5, 0.6) is 0 Å². The molecule has 4 rings (SSSR count). The summed E-state index contributed by atoms with van der Waals surface area (Å²) in [6.45, 7) is 4.10. The lowest BCUT2D eigenvalue weighted by Crippen LogP contribution is -2.25. The standard InChI is InChI=1S/C25H23N3O3/c1-17-6-3-9-20(12-17)25(21-10-4-7-18(2)13-21)15-23(25)24(29)27-26-16-19-8-5-11-22(14-19)28(30)31/h3-14,16,23H,15H2,1-2H3,(H,27,29)/b26-16-/t23-/m1/s1. The van der Waals surface area contributed by atoms with E-state index in [9.17, 15) is 14.9 Å². The van der Waals surface area contributed by atoms with Crippen LogP contribution in [0.2, 0.25) is 0 Å². The maximum absolute atomic E-state index is 13.0. The van der Waals surface area contributed by atoms with Gasteiger partial charge in [-0.25, -0.2) is 5.43 Å². The van der Waals surface area contributed by atoms with Gasteiger partial charge in [-0.05, 0) is 31.4 Å². The van der Waals surface area contributed by atoms with E-state index in [2.05, 4.69) is 34.8 Å². The Morgan fingerprint density at radius 3 is 2.23 bits per heavy atom. The van der Waals surface area contributed by atoms with Crippen molar-refractivity contribution in [2.45, 2.75) is 25.7 Å². The SMILES string of the molecule is Cc1cccc(C2(c3cccc(C)c3)C[C@@H]2C(=O)N/N=C\c2cccc([N+](=O)[O-])c2)c1. The molecule has 0 aliphatic heterocycles. The van der Waals surface area contributed by atoms with Crippen LogP contribution in [0.3, 0.4) is 0 Å². The number of non-ortho nitro benzene ring substituents is 1. The maximum Gasteiger partial charge on any atom is 0.270 e. The summed E-state index contributed by atoms with van der Waals surface area (Å²) in [6, 6.07) is 22.7. The van der Waals surface area contributed by atoms with Crippen LogP contribution in [0.15, 0.2) is 77.9 Å². The topological polar surface area (TPSA) is 84.6 Å². The monoisotopic (exact) mass is 413 g/mol. The first kappa shape index (κ1) is 20.5. The van der Waals surface area contributed by atoms with Crippen molar-refractivity contribution < 1.29 is 9.72 Å². The van der Waals surface area contributed by atoms with Crippen molar-refractivity contribution >= 4 is 17.8 Å². The van der Waals surface area contributed by atoms with Gasteiger partial charge in [0, 0.05) is 23.1 Å². The Morgan fingerprint density at radius 2 is 1.65 bits per heavy atom. The van der Waals surface area contributed by atoms with Crippen LogP contribution >= 0.6 is 0 Å². The van der Waals surface area contributed by atoms with Gasteiger partial charge in [-0.1, -0.05) is 71.8 Å². The summed E-state index contributed by atoms with van der Waals surface area (Å²) in [6.07, 6.45) is 2.13. The molecule has 0 unspecified atom stereocenters. The predicted molar refractivity (Wildman–Crippen MR) is 120 cm³/mol. The van der Waals surface area contributed by atoms with Gasteiger partial charge in [0.25, 0.3) is 5.69 Å². The molecule has 3 aromatic rings. The molecule has 0 radical (unpaired) electrons. The van der Waals surface area contributed by atoms with Gasteiger partial charge >= 0.3 is 0 Å². The summed E-state index contributed by atoms with van der Waals surface area (Å²) in [7, 11) is 0. The van der Waals surface area contributed by atoms with Crippen molar-refractivity contribution in [2.24, 2.45) is 11.0 Å². The number of carbonyl (C=O) groups excluding carboxylic acids is 1. The summed E-state index contributed by atoms with van der Waals surface area (Å²) in [4.78, 5) is 23.4. The molecule has 3 aromatic carbocycles. The summed E-state index contributed by atoms with van der Waals surface area (Å²) >= 11 is 0. The van der Waals surface area contributed by atoms with Gasteiger partial charge < -0.3 is 0 Å². The Labute approximate surface area is 180 Å². The highest BCUT2D eigenvalue weighted by atomic mass is 16.6. The fourth-order valence-corrected chi connectivity index (χ4v) is 4.20. The van der Waals surface area contributed by atoms with Gasteiger partial charge in [-0.3, -0.25) is 14.9 Å². The lowest BCUT2D eigenvalue weighted by atomic mass is 9.84. The van der Waals surface area contributed by atoms with Crippen molar-refractivity contribution in [2.75, 3.05) is 0 Å². The molecule has 1 aliphatic rings. The molecule has 1 saturated carbocycles. The van der Waals surface area contributed by atoms with Crippen LogP contribution in [0.4, 0.5) is 5.69 Å². The lowest BCUT2D eigenvalue weighted by Gasteiger charge is -2.19. The Balaban J connectivity index is 1.57. The third-order valence-electron chi connectivity index (χ3n) is 5.81. The highest BCUT2D eigenvalue weighted by Gasteiger charge is 2.60. The third kappa shape index (κ3) is 4.10. The Hall–Kier alpha value is -3.80. The van der Waals surface area contributed by atoms with E-state index in [0.29, 0.717) is 12.0 Å². The molecule has 1 amide bonds. The van der Waals surface area contributed by atoms with Crippen LogP contribution in [0.1, 0.15) is 34.2 Å². The molecular weight excluding hydrogens is 390 g/mol. The first-order chi connectivity index (χ1) is 14.9. The third-order valence-corrected chi connectivity index (χ3v) is 5.81. The van der Waals surface area contributed by atoms with Crippen molar-refractivity contribution in [3.63, 3.8) is 0 Å². The number of benzene rings is 3. The van der Waals surface area contributed by atoms with E-state index in [4.69, 9.17) is 0 Å². The van der Waals surface area contributed by atoms with Gasteiger partial charge in [0.2, 0.25) is 5.91 Å². The molecule has 156 valence electrons. The van der Waals surface area contributed by atoms with E-state index in [1.165, 1.54) is 18.3 Å². The van der Waals surface area contributed by atoms with Gasteiger partial charge in [0.1, 0.15) is 0 Å². The predicted octanol–water partition coefficient (Wildman–Crippen LogP) is 4.67. The molecule has 6 nitrogen and oxygen atoms in total. The average molecular weight is 413 g/mol. The molecule has 1 N–H and O–H groups in total. The van der Waals surface area contributed by atoms with Crippen molar-refractivity contribution in [3.05, 3.63) is 111 Å². The molecule has 0 aromatic heterocycles. The van der Waals surface area contributed by atoms with Crippen LogP contribution in [-0.2, 0) is 10.2 Å². The van der Waals surface area contributed by atoms with Gasteiger partial charge in [0.05, 0.1) is 17.1 Å². The number of hydrazone groups is 1. The largest absolute Gasteiger partial charge is 0.273 e. The number of aryl methyl sites for hydroxylation is 2. The number of rotatable bonds is 6. The number of nitro groups is 1. The zero-order chi connectivity index (χ0) is 22.0. The van der Waals surface area contributed by atoms with Gasteiger partial charge in [-0.2, -0.15) is 5.10 Å². The zero-order valence-corrected chi connectivity index (χ0v) is 17.4. The van der Waals surface area contributed by atoms with Crippen molar-refractivity contribution in [1.29, 1.82) is 0 Å². The second-order valence-corrected chi connectivity index (χ2v) is 8.05. The van der Waals surface area contributed by atoms with E-state index in [1.807, 2.05) is 38.1 Å². The van der Waals surface area contributed by atoms with E-state index in [1.54, 1.807) is 12.1 Å². The first-order valence-corrected chi connectivity index (χ1v) is 10.1. The summed E-state index contributed by atoms with van der Waals surface area (Å²) in [5, 5.41) is 15.0. The van der Waals surface area contributed by atoms with Crippen LogP contribution in [0, 0.1) is 29.9 Å². The fourth-order valence-electron chi connectivity index (χ4n) is 4.20. The number of hydrogen-bond acceptors (Lipinski definition) is 4. The number of amides is 1. The molecule has 0 heterocycles. The summed E-state index contributed by atoms with van der Waals surface area (Å²) in [5.74, 6) is -0.400. The Morgan fingerprint density at radius 1 is 1.03 bits per heavy atom. The normalized spacial score (nSPS) is 16.8. The number of hydrogen-bond donors (Lipinski definition) is 1. The van der Waals surface area contributed by atoms with Crippen LogP contribution in [-0.4, -0.2) is 17.0 Å². The van der Waals surface area contributed by atoms with E-state index in [-0.39, 0.29) is 22.9 Å². The fraction of sp³-hybridized carbons (Fsp3) is 0.200. The maximum atomic E-state index is 13.0. The molecule has 1 atom stereocenters. The minimum atomic E-state index is -0.460. The molecule has 6 heteroatoms. The smallest absolute Gasteiger partial charge is 0.270 e. The number of nitro benzene ring substituents is 1. The quantitative estimate of drug-likeness (QED) is 0.362. The average Bonchev–Trinajstić information content (AvgIpc) is 3.51. The number of nitrogens with zero attached hydrogens (tertiary/aromatic N) is 2. The molecule has 31 heavy (non-hydrogen) atoms. The van der Waals surface area contributed by atoms with Gasteiger partial charge in [-0.15, -0.1) is 0 Å². The molecule has 1 fully saturated rings.